The maximum Gasteiger partial charge on any atom is 0.326 e. The van der Waals surface area contributed by atoms with Gasteiger partial charge in [-0.25, -0.2) is 4.79 Å². The van der Waals surface area contributed by atoms with Gasteiger partial charge < -0.3 is 15.2 Å². The van der Waals surface area contributed by atoms with E-state index in [-0.39, 0.29) is 0 Å². The van der Waals surface area contributed by atoms with E-state index in [2.05, 4.69) is 5.32 Å². The van der Waals surface area contributed by atoms with E-state index < -0.39 is 24.0 Å². The van der Waals surface area contributed by atoms with Crippen LogP contribution in [0.2, 0.25) is 0 Å². The van der Waals surface area contributed by atoms with E-state index in [0.717, 1.165) is 0 Å². The smallest absolute Gasteiger partial charge is 0.326 e. The second kappa shape index (κ2) is 7.41. The molecule has 0 radical (unpaired) electrons. The normalized spacial score (nSPS) is 13.4. The molecule has 5 heteroatoms. The lowest BCUT2D eigenvalue weighted by atomic mass is 10.1. The zero-order valence-electron chi connectivity index (χ0n) is 11.1. The monoisotopic (exact) mass is 265 g/mol. The fourth-order valence-electron chi connectivity index (χ4n) is 1.59. The minimum atomic E-state index is -1.03. The molecule has 104 valence electrons. The molecule has 0 heterocycles. The first kappa shape index (κ1) is 15.0. The molecular formula is C14H19NO4. The van der Waals surface area contributed by atoms with Crippen LogP contribution in [0.25, 0.3) is 0 Å². The van der Waals surface area contributed by atoms with Gasteiger partial charge in [-0.3, -0.25) is 4.79 Å². The molecule has 0 saturated heterocycles. The van der Waals surface area contributed by atoms with Gasteiger partial charge in [-0.2, -0.15) is 0 Å². The number of hydrogen-bond donors (Lipinski definition) is 2. The summed E-state index contributed by atoms with van der Waals surface area (Å²) in [4.78, 5) is 22.8. The van der Waals surface area contributed by atoms with Crippen molar-refractivity contribution < 1.29 is 19.4 Å². The van der Waals surface area contributed by atoms with Crippen molar-refractivity contribution in [3.05, 3.63) is 30.3 Å². The van der Waals surface area contributed by atoms with Crippen LogP contribution in [0.1, 0.15) is 26.7 Å². The molecule has 0 aliphatic rings. The van der Waals surface area contributed by atoms with Crippen LogP contribution in [0.15, 0.2) is 30.3 Å². The Morgan fingerprint density at radius 2 is 1.95 bits per heavy atom. The van der Waals surface area contributed by atoms with E-state index in [9.17, 15) is 9.59 Å². The van der Waals surface area contributed by atoms with Gasteiger partial charge in [0, 0.05) is 0 Å². The van der Waals surface area contributed by atoms with Crippen molar-refractivity contribution in [3.63, 3.8) is 0 Å². The number of carboxylic acids is 1. The quantitative estimate of drug-likeness (QED) is 0.788. The third-order valence-corrected chi connectivity index (χ3v) is 2.62. The predicted molar refractivity (Wildman–Crippen MR) is 71.0 cm³/mol. The number of amides is 1. The van der Waals surface area contributed by atoms with Crippen LogP contribution in [0.3, 0.4) is 0 Å². The van der Waals surface area contributed by atoms with Crippen molar-refractivity contribution in [2.45, 2.75) is 38.8 Å². The summed E-state index contributed by atoms with van der Waals surface area (Å²) in [5.74, 6) is -0.876. The molecule has 2 N–H and O–H groups in total. The van der Waals surface area contributed by atoms with Crippen LogP contribution in [-0.4, -0.2) is 29.1 Å². The summed E-state index contributed by atoms with van der Waals surface area (Å²) < 4.78 is 5.43. The molecule has 19 heavy (non-hydrogen) atoms. The van der Waals surface area contributed by atoms with Gasteiger partial charge >= 0.3 is 5.97 Å². The molecular weight excluding hydrogens is 246 g/mol. The summed E-state index contributed by atoms with van der Waals surface area (Å²) in [6.45, 7) is 3.46. The number of benzene rings is 1. The van der Waals surface area contributed by atoms with E-state index in [1.165, 1.54) is 0 Å². The fourth-order valence-corrected chi connectivity index (χ4v) is 1.59. The van der Waals surface area contributed by atoms with Crippen LogP contribution in [0, 0.1) is 0 Å². The maximum absolute atomic E-state index is 11.8. The minimum absolute atomic E-state index is 0.402. The Labute approximate surface area is 112 Å². The second-order valence-electron chi connectivity index (χ2n) is 4.26. The zero-order chi connectivity index (χ0) is 14.3. The minimum Gasteiger partial charge on any atom is -0.481 e. The van der Waals surface area contributed by atoms with E-state index in [4.69, 9.17) is 9.84 Å². The average Bonchev–Trinajstić information content (AvgIpc) is 2.39. The van der Waals surface area contributed by atoms with Gasteiger partial charge in [-0.15, -0.1) is 0 Å². The molecule has 2 atom stereocenters. The number of carbonyl (C=O) groups is 2. The fraction of sp³-hybridized carbons (Fsp3) is 0.429. The molecule has 0 aliphatic carbocycles. The van der Waals surface area contributed by atoms with Crippen molar-refractivity contribution in [3.8, 4) is 5.75 Å². The third-order valence-electron chi connectivity index (χ3n) is 2.62. The van der Waals surface area contributed by atoms with Crippen molar-refractivity contribution in [2.24, 2.45) is 0 Å². The van der Waals surface area contributed by atoms with E-state index >= 15 is 0 Å². The number of hydrogen-bond acceptors (Lipinski definition) is 3. The molecule has 0 bridgehead atoms. The Morgan fingerprint density at radius 1 is 1.32 bits per heavy atom. The highest BCUT2D eigenvalue weighted by Crippen LogP contribution is 2.11. The lowest BCUT2D eigenvalue weighted by molar-refractivity contribution is -0.143. The van der Waals surface area contributed by atoms with E-state index in [1.807, 2.05) is 13.0 Å². The van der Waals surface area contributed by atoms with E-state index in [0.29, 0.717) is 18.6 Å². The topological polar surface area (TPSA) is 75.6 Å². The average molecular weight is 265 g/mol. The van der Waals surface area contributed by atoms with Gasteiger partial charge in [0.2, 0.25) is 0 Å². The first-order valence-electron chi connectivity index (χ1n) is 6.29. The lowest BCUT2D eigenvalue weighted by Crippen LogP contribution is -2.46. The number of ether oxygens (including phenoxy) is 1. The number of aliphatic carboxylic acids is 1. The highest BCUT2D eigenvalue weighted by Gasteiger charge is 2.22. The molecule has 1 unspecified atom stereocenters. The molecule has 0 aliphatic heterocycles. The highest BCUT2D eigenvalue weighted by molar-refractivity contribution is 5.86. The second-order valence-corrected chi connectivity index (χ2v) is 4.26. The summed E-state index contributed by atoms with van der Waals surface area (Å²) in [6.07, 6.45) is 0.353. The Morgan fingerprint density at radius 3 is 2.47 bits per heavy atom. The summed E-state index contributed by atoms with van der Waals surface area (Å²) >= 11 is 0. The number of carboxylic acid groups (broad SMARTS) is 1. The number of carbonyl (C=O) groups excluding carboxylic acids is 1. The van der Waals surface area contributed by atoms with Crippen molar-refractivity contribution in [1.82, 2.24) is 5.32 Å². The van der Waals surface area contributed by atoms with Crippen LogP contribution in [-0.2, 0) is 9.59 Å². The van der Waals surface area contributed by atoms with Gasteiger partial charge in [-0.05, 0) is 25.5 Å². The zero-order valence-corrected chi connectivity index (χ0v) is 11.1. The molecule has 1 aromatic carbocycles. The number of rotatable bonds is 7. The SMILES string of the molecule is CCC[C@@H](NC(=O)C(C)Oc1ccccc1)C(=O)O. The summed E-state index contributed by atoms with van der Waals surface area (Å²) in [5.41, 5.74) is 0. The number of para-hydroxylation sites is 1. The summed E-state index contributed by atoms with van der Waals surface area (Å²) in [7, 11) is 0. The molecule has 5 nitrogen and oxygen atoms in total. The summed E-state index contributed by atoms with van der Waals surface area (Å²) in [6, 6.07) is 8.07. The van der Waals surface area contributed by atoms with Gasteiger partial charge in [-0.1, -0.05) is 31.5 Å². The van der Waals surface area contributed by atoms with Crippen LogP contribution in [0.5, 0.6) is 5.75 Å². The van der Waals surface area contributed by atoms with Gasteiger partial charge in [0.1, 0.15) is 11.8 Å². The maximum atomic E-state index is 11.8. The largest absolute Gasteiger partial charge is 0.481 e. The Balaban J connectivity index is 2.54. The Bertz CT molecular complexity index is 419. The Kier molecular flexibility index (Phi) is 5.85. The standard InChI is InChI=1S/C14H19NO4/c1-3-7-12(14(17)18)15-13(16)10(2)19-11-8-5-4-6-9-11/h4-6,8-10,12H,3,7H2,1-2H3,(H,15,16)(H,17,18)/t10?,12-/m1/s1. The highest BCUT2D eigenvalue weighted by atomic mass is 16.5. The lowest BCUT2D eigenvalue weighted by Gasteiger charge is -2.18. The van der Waals surface area contributed by atoms with Crippen molar-refractivity contribution in [2.75, 3.05) is 0 Å². The first-order valence-corrected chi connectivity index (χ1v) is 6.29. The van der Waals surface area contributed by atoms with Crippen LogP contribution < -0.4 is 10.1 Å². The molecule has 0 spiro atoms. The van der Waals surface area contributed by atoms with Crippen molar-refractivity contribution in [1.29, 1.82) is 0 Å². The van der Waals surface area contributed by atoms with E-state index in [1.54, 1.807) is 31.2 Å². The Hall–Kier alpha value is -2.04. The van der Waals surface area contributed by atoms with Crippen LogP contribution >= 0.6 is 0 Å². The first-order chi connectivity index (χ1) is 9.04. The number of nitrogens with one attached hydrogen (secondary N) is 1. The molecule has 0 aromatic heterocycles. The summed E-state index contributed by atoms with van der Waals surface area (Å²) in [5, 5.41) is 11.4. The molecule has 0 saturated carbocycles. The van der Waals surface area contributed by atoms with Crippen LogP contribution in [0.4, 0.5) is 0 Å². The van der Waals surface area contributed by atoms with Gasteiger partial charge in [0.25, 0.3) is 5.91 Å². The van der Waals surface area contributed by atoms with Crippen molar-refractivity contribution >= 4 is 11.9 Å². The third kappa shape index (κ3) is 4.99. The van der Waals surface area contributed by atoms with Gasteiger partial charge in [0.15, 0.2) is 6.10 Å². The predicted octanol–water partition coefficient (Wildman–Crippen LogP) is 1.82. The molecule has 1 rings (SSSR count). The molecule has 1 amide bonds. The van der Waals surface area contributed by atoms with Gasteiger partial charge in [0.05, 0.1) is 0 Å². The molecule has 1 aromatic rings. The molecule has 0 fully saturated rings.